The SMILES string of the molecule is CCC(C)SCc1nc(C)c(C(N)=O)c(N)n1. The van der Waals surface area contributed by atoms with Crippen LogP contribution in [-0.4, -0.2) is 21.1 Å². The molecule has 0 spiro atoms. The van der Waals surface area contributed by atoms with Gasteiger partial charge in [0.2, 0.25) is 0 Å². The average molecular weight is 254 g/mol. The lowest BCUT2D eigenvalue weighted by Gasteiger charge is -2.10. The van der Waals surface area contributed by atoms with Gasteiger partial charge in [-0.25, -0.2) is 9.97 Å². The minimum Gasteiger partial charge on any atom is -0.383 e. The number of primary amides is 1. The Morgan fingerprint density at radius 2 is 2.12 bits per heavy atom. The molecule has 1 unspecified atom stereocenters. The fourth-order valence-corrected chi connectivity index (χ4v) is 2.16. The molecule has 1 amide bonds. The molecule has 4 N–H and O–H groups in total. The van der Waals surface area contributed by atoms with Crippen molar-refractivity contribution in [1.29, 1.82) is 0 Å². The van der Waals surface area contributed by atoms with E-state index in [4.69, 9.17) is 11.5 Å². The van der Waals surface area contributed by atoms with Gasteiger partial charge in [0, 0.05) is 5.25 Å². The number of aryl methyl sites for hydroxylation is 1. The highest BCUT2D eigenvalue weighted by Crippen LogP contribution is 2.20. The molecular weight excluding hydrogens is 236 g/mol. The number of anilines is 1. The highest BCUT2D eigenvalue weighted by Gasteiger charge is 2.14. The van der Waals surface area contributed by atoms with Gasteiger partial charge in [-0.15, -0.1) is 0 Å². The Kier molecular flexibility index (Phi) is 4.74. The number of carbonyl (C=O) groups is 1. The van der Waals surface area contributed by atoms with E-state index in [1.165, 1.54) is 0 Å². The summed E-state index contributed by atoms with van der Waals surface area (Å²) in [5.41, 5.74) is 11.7. The van der Waals surface area contributed by atoms with Crippen LogP contribution < -0.4 is 11.5 Å². The van der Waals surface area contributed by atoms with E-state index in [1.807, 2.05) is 0 Å². The van der Waals surface area contributed by atoms with Crippen LogP contribution in [0.15, 0.2) is 0 Å². The summed E-state index contributed by atoms with van der Waals surface area (Å²) in [6.07, 6.45) is 1.10. The number of hydrogen-bond acceptors (Lipinski definition) is 5. The summed E-state index contributed by atoms with van der Waals surface area (Å²) < 4.78 is 0. The maximum Gasteiger partial charge on any atom is 0.254 e. The van der Waals surface area contributed by atoms with Gasteiger partial charge in [0.25, 0.3) is 5.91 Å². The van der Waals surface area contributed by atoms with E-state index in [-0.39, 0.29) is 11.4 Å². The molecule has 5 nitrogen and oxygen atoms in total. The maximum absolute atomic E-state index is 11.1. The smallest absolute Gasteiger partial charge is 0.254 e. The van der Waals surface area contributed by atoms with Crippen LogP contribution in [0.1, 0.15) is 42.1 Å². The number of amides is 1. The van der Waals surface area contributed by atoms with E-state index < -0.39 is 5.91 Å². The minimum absolute atomic E-state index is 0.171. The Hall–Kier alpha value is -1.30. The third-order valence-electron chi connectivity index (χ3n) is 2.48. The molecule has 94 valence electrons. The van der Waals surface area contributed by atoms with Crippen molar-refractivity contribution in [3.63, 3.8) is 0 Å². The summed E-state index contributed by atoms with van der Waals surface area (Å²) in [4.78, 5) is 19.5. The normalized spacial score (nSPS) is 12.4. The van der Waals surface area contributed by atoms with E-state index in [1.54, 1.807) is 18.7 Å². The minimum atomic E-state index is -0.582. The lowest BCUT2D eigenvalue weighted by molar-refractivity contribution is 0.1000. The van der Waals surface area contributed by atoms with Crippen molar-refractivity contribution < 1.29 is 4.79 Å². The quantitative estimate of drug-likeness (QED) is 0.830. The molecule has 0 aliphatic rings. The highest BCUT2D eigenvalue weighted by atomic mass is 32.2. The molecule has 1 aromatic rings. The number of carbonyl (C=O) groups excluding carboxylic acids is 1. The number of rotatable bonds is 5. The molecule has 6 heteroatoms. The monoisotopic (exact) mass is 254 g/mol. The van der Waals surface area contributed by atoms with Gasteiger partial charge in [0.15, 0.2) is 0 Å². The third-order valence-corrected chi connectivity index (χ3v) is 3.81. The second-order valence-electron chi connectivity index (χ2n) is 3.88. The molecule has 0 saturated carbocycles. The van der Waals surface area contributed by atoms with Crippen LogP contribution in [0.2, 0.25) is 0 Å². The predicted octanol–water partition coefficient (Wildman–Crippen LogP) is 1.50. The molecule has 0 aromatic carbocycles. The molecule has 0 aliphatic carbocycles. The lowest BCUT2D eigenvalue weighted by atomic mass is 10.2. The van der Waals surface area contributed by atoms with E-state index in [0.717, 1.165) is 6.42 Å². The van der Waals surface area contributed by atoms with Crippen LogP contribution in [0.5, 0.6) is 0 Å². The van der Waals surface area contributed by atoms with Gasteiger partial charge in [-0.05, 0) is 13.3 Å². The van der Waals surface area contributed by atoms with Crippen LogP contribution in [0.4, 0.5) is 5.82 Å². The van der Waals surface area contributed by atoms with E-state index >= 15 is 0 Å². The molecule has 17 heavy (non-hydrogen) atoms. The van der Waals surface area contributed by atoms with Gasteiger partial charge in [-0.3, -0.25) is 4.79 Å². The highest BCUT2D eigenvalue weighted by molar-refractivity contribution is 7.99. The second kappa shape index (κ2) is 5.86. The van der Waals surface area contributed by atoms with Crippen LogP contribution in [0.3, 0.4) is 0 Å². The molecule has 1 heterocycles. The van der Waals surface area contributed by atoms with Crippen LogP contribution >= 0.6 is 11.8 Å². The van der Waals surface area contributed by atoms with Crippen molar-refractivity contribution >= 4 is 23.5 Å². The zero-order valence-electron chi connectivity index (χ0n) is 10.4. The zero-order valence-corrected chi connectivity index (χ0v) is 11.2. The van der Waals surface area contributed by atoms with E-state index in [2.05, 4.69) is 23.8 Å². The van der Waals surface area contributed by atoms with Gasteiger partial charge in [0.1, 0.15) is 17.2 Å². The number of aromatic nitrogens is 2. The van der Waals surface area contributed by atoms with Crippen molar-refractivity contribution in [2.45, 2.75) is 38.2 Å². The van der Waals surface area contributed by atoms with Crippen molar-refractivity contribution in [3.05, 3.63) is 17.1 Å². The first-order valence-corrected chi connectivity index (χ1v) is 6.55. The largest absolute Gasteiger partial charge is 0.383 e. The molecular formula is C11H18N4OS. The van der Waals surface area contributed by atoms with Gasteiger partial charge in [0.05, 0.1) is 11.4 Å². The molecule has 0 bridgehead atoms. The Labute approximate surface area is 105 Å². The maximum atomic E-state index is 11.1. The molecule has 0 aliphatic heterocycles. The first-order chi connectivity index (χ1) is 7.95. The molecule has 0 saturated heterocycles. The summed E-state index contributed by atoms with van der Waals surface area (Å²) in [5.74, 6) is 0.931. The van der Waals surface area contributed by atoms with E-state index in [9.17, 15) is 4.79 Å². The average Bonchev–Trinajstić information content (AvgIpc) is 2.24. The Morgan fingerprint density at radius 3 is 2.59 bits per heavy atom. The fraction of sp³-hybridized carbons (Fsp3) is 0.545. The standard InChI is InChI=1S/C11H18N4OS/c1-4-6(2)17-5-8-14-7(3)9(11(13)16)10(12)15-8/h6H,4-5H2,1-3H3,(H2,13,16)(H2,12,14,15). The van der Waals surface area contributed by atoms with Crippen molar-refractivity contribution in [2.75, 3.05) is 5.73 Å². The Bertz CT molecular complexity index is 399. The summed E-state index contributed by atoms with van der Waals surface area (Å²) in [6, 6.07) is 0. The molecule has 0 radical (unpaired) electrons. The summed E-state index contributed by atoms with van der Waals surface area (Å²) in [6.45, 7) is 6.00. The number of nitrogens with two attached hydrogens (primary N) is 2. The van der Waals surface area contributed by atoms with Gasteiger partial charge in [-0.1, -0.05) is 13.8 Å². The van der Waals surface area contributed by atoms with Crippen LogP contribution in [-0.2, 0) is 5.75 Å². The van der Waals surface area contributed by atoms with Crippen molar-refractivity contribution in [3.8, 4) is 0 Å². The topological polar surface area (TPSA) is 94.9 Å². The molecule has 1 rings (SSSR count). The number of thioether (sulfide) groups is 1. The van der Waals surface area contributed by atoms with Gasteiger partial charge in [-0.2, -0.15) is 11.8 Å². The predicted molar refractivity (Wildman–Crippen MR) is 70.7 cm³/mol. The zero-order chi connectivity index (χ0) is 13.0. The summed E-state index contributed by atoms with van der Waals surface area (Å²) in [7, 11) is 0. The first-order valence-electron chi connectivity index (χ1n) is 5.50. The van der Waals surface area contributed by atoms with Gasteiger partial charge >= 0.3 is 0 Å². The first kappa shape index (κ1) is 13.8. The number of nitrogens with zero attached hydrogens (tertiary/aromatic N) is 2. The number of hydrogen-bond donors (Lipinski definition) is 2. The van der Waals surface area contributed by atoms with Crippen molar-refractivity contribution in [2.24, 2.45) is 5.73 Å². The Balaban J connectivity index is 2.87. The van der Waals surface area contributed by atoms with Crippen LogP contribution in [0.25, 0.3) is 0 Å². The summed E-state index contributed by atoms with van der Waals surface area (Å²) in [5, 5.41) is 0.552. The lowest BCUT2D eigenvalue weighted by Crippen LogP contribution is -2.18. The van der Waals surface area contributed by atoms with Crippen molar-refractivity contribution in [1.82, 2.24) is 9.97 Å². The third kappa shape index (κ3) is 3.59. The number of nitrogen functional groups attached to an aromatic ring is 1. The second-order valence-corrected chi connectivity index (χ2v) is 5.31. The van der Waals surface area contributed by atoms with Gasteiger partial charge < -0.3 is 11.5 Å². The van der Waals surface area contributed by atoms with E-state index in [0.29, 0.717) is 22.5 Å². The molecule has 1 atom stereocenters. The summed E-state index contributed by atoms with van der Waals surface area (Å²) >= 11 is 1.76. The Morgan fingerprint density at radius 1 is 1.47 bits per heavy atom. The van der Waals surface area contributed by atoms with Crippen LogP contribution in [0, 0.1) is 6.92 Å². The fourth-order valence-electron chi connectivity index (χ4n) is 1.36. The molecule has 1 aromatic heterocycles. The molecule has 0 fully saturated rings.